The first-order valence-corrected chi connectivity index (χ1v) is 9.78. The molecule has 0 radical (unpaired) electrons. The Balaban J connectivity index is 1.64. The number of benzene rings is 2. The molecule has 2 aromatic heterocycles. The van der Waals surface area contributed by atoms with E-state index < -0.39 is 0 Å². The third kappa shape index (κ3) is 3.67. The van der Waals surface area contributed by atoms with Crippen molar-refractivity contribution in [2.24, 2.45) is 12.8 Å². The molecular formula is C23H25N5O. The second-order valence-electron chi connectivity index (χ2n) is 7.18. The van der Waals surface area contributed by atoms with Crippen molar-refractivity contribution in [2.45, 2.75) is 19.9 Å². The Morgan fingerprint density at radius 2 is 1.93 bits per heavy atom. The fraction of sp³-hybridized carbons (Fsp3) is 0.217. The van der Waals surface area contributed by atoms with Gasteiger partial charge in [-0.3, -0.25) is 9.48 Å². The van der Waals surface area contributed by atoms with Crippen LogP contribution in [0.2, 0.25) is 0 Å². The van der Waals surface area contributed by atoms with E-state index in [1.807, 2.05) is 74.8 Å². The van der Waals surface area contributed by atoms with Crippen LogP contribution in [0.3, 0.4) is 0 Å². The number of amides is 1. The van der Waals surface area contributed by atoms with E-state index in [2.05, 4.69) is 15.0 Å². The average Bonchev–Trinajstić information content (AvgIpc) is 3.26. The number of hydrogen-bond donors (Lipinski definition) is 2. The first kappa shape index (κ1) is 19.0. The molecule has 6 heteroatoms. The van der Waals surface area contributed by atoms with Crippen molar-refractivity contribution in [1.29, 1.82) is 0 Å². The van der Waals surface area contributed by atoms with E-state index in [9.17, 15) is 4.79 Å². The van der Waals surface area contributed by atoms with Gasteiger partial charge in [-0.25, -0.2) is 0 Å². The molecule has 0 aliphatic rings. The quantitative estimate of drug-likeness (QED) is 0.526. The predicted octanol–water partition coefficient (Wildman–Crippen LogP) is 3.95. The van der Waals surface area contributed by atoms with Gasteiger partial charge in [-0.2, -0.15) is 5.10 Å². The molecule has 0 unspecified atom stereocenters. The number of carbonyl (C=O) groups excluding carboxylic acids is 1. The minimum Gasteiger partial charge on any atom is -0.347 e. The lowest BCUT2D eigenvalue weighted by molar-refractivity contribution is 0.102. The lowest BCUT2D eigenvalue weighted by Gasteiger charge is -2.10. The molecule has 0 aliphatic heterocycles. The van der Waals surface area contributed by atoms with E-state index in [1.165, 1.54) is 0 Å². The monoisotopic (exact) mass is 387 g/mol. The molecule has 4 aromatic rings. The number of aryl methyl sites for hydroxylation is 3. The van der Waals surface area contributed by atoms with Crippen molar-refractivity contribution < 1.29 is 4.79 Å². The number of carbonyl (C=O) groups is 1. The Hall–Kier alpha value is -3.38. The fourth-order valence-corrected chi connectivity index (χ4v) is 3.73. The van der Waals surface area contributed by atoms with E-state index in [4.69, 9.17) is 5.73 Å². The van der Waals surface area contributed by atoms with Crippen molar-refractivity contribution in [2.75, 3.05) is 11.9 Å². The molecule has 4 rings (SSSR count). The molecular weight excluding hydrogens is 362 g/mol. The maximum atomic E-state index is 13.0. The molecule has 0 aliphatic carbocycles. The molecule has 0 spiro atoms. The summed E-state index contributed by atoms with van der Waals surface area (Å²) in [4.78, 5) is 13.0. The van der Waals surface area contributed by atoms with E-state index in [0.717, 1.165) is 40.7 Å². The Morgan fingerprint density at radius 3 is 2.69 bits per heavy atom. The van der Waals surface area contributed by atoms with Crippen LogP contribution in [0.4, 0.5) is 5.82 Å². The molecule has 148 valence electrons. The van der Waals surface area contributed by atoms with Gasteiger partial charge >= 0.3 is 0 Å². The molecule has 0 saturated carbocycles. The largest absolute Gasteiger partial charge is 0.347 e. The summed E-state index contributed by atoms with van der Waals surface area (Å²) in [5.41, 5.74) is 10.2. The number of rotatable bonds is 6. The standard InChI is InChI=1S/C23H25N5O/c1-16-21(17-7-4-3-5-8-17)22(27(2)26-16)25-23(29)19-9-10-20-18(15-19)11-14-28(20)13-6-12-24/h3-5,7-11,14-15H,6,12-13,24H2,1-2H3,(H,25,29). The third-order valence-electron chi connectivity index (χ3n) is 5.15. The highest BCUT2D eigenvalue weighted by molar-refractivity contribution is 6.07. The molecule has 0 atom stereocenters. The maximum Gasteiger partial charge on any atom is 0.256 e. The fourth-order valence-electron chi connectivity index (χ4n) is 3.73. The van der Waals surface area contributed by atoms with Crippen molar-refractivity contribution in [3.8, 4) is 11.1 Å². The van der Waals surface area contributed by atoms with Gasteiger partial charge in [0.05, 0.1) is 5.69 Å². The van der Waals surface area contributed by atoms with E-state index >= 15 is 0 Å². The lowest BCUT2D eigenvalue weighted by Crippen LogP contribution is -2.15. The number of nitrogens with zero attached hydrogens (tertiary/aromatic N) is 3. The number of fused-ring (bicyclic) bond motifs is 1. The highest BCUT2D eigenvalue weighted by Crippen LogP contribution is 2.31. The van der Waals surface area contributed by atoms with Gasteiger partial charge in [0.2, 0.25) is 0 Å². The smallest absolute Gasteiger partial charge is 0.256 e. The van der Waals surface area contributed by atoms with Gasteiger partial charge in [-0.15, -0.1) is 0 Å². The summed E-state index contributed by atoms with van der Waals surface area (Å²) in [6, 6.07) is 17.8. The summed E-state index contributed by atoms with van der Waals surface area (Å²) in [7, 11) is 1.84. The van der Waals surface area contributed by atoms with Crippen LogP contribution in [0.15, 0.2) is 60.8 Å². The van der Waals surface area contributed by atoms with Crippen molar-refractivity contribution in [3.05, 3.63) is 72.1 Å². The summed E-state index contributed by atoms with van der Waals surface area (Å²) in [5.74, 6) is 0.543. The second kappa shape index (κ2) is 7.93. The Kier molecular flexibility index (Phi) is 5.18. The zero-order chi connectivity index (χ0) is 20.4. The summed E-state index contributed by atoms with van der Waals surface area (Å²) in [6.07, 6.45) is 2.97. The Labute approximate surface area is 169 Å². The van der Waals surface area contributed by atoms with Gasteiger partial charge < -0.3 is 15.6 Å². The van der Waals surface area contributed by atoms with Crippen LogP contribution in [0, 0.1) is 6.92 Å². The highest BCUT2D eigenvalue weighted by Gasteiger charge is 2.18. The molecule has 2 heterocycles. The van der Waals surface area contributed by atoms with Crippen LogP contribution in [0.25, 0.3) is 22.0 Å². The summed E-state index contributed by atoms with van der Waals surface area (Å²) in [5, 5.41) is 8.60. The molecule has 2 aromatic carbocycles. The summed E-state index contributed by atoms with van der Waals surface area (Å²) in [6.45, 7) is 3.49. The Bertz CT molecular complexity index is 1160. The van der Waals surface area contributed by atoms with Gasteiger partial charge in [0.15, 0.2) is 0 Å². The zero-order valence-corrected chi connectivity index (χ0v) is 16.7. The van der Waals surface area contributed by atoms with Gasteiger partial charge in [0.25, 0.3) is 5.91 Å². The molecule has 0 saturated heterocycles. The van der Waals surface area contributed by atoms with Crippen molar-refractivity contribution in [1.82, 2.24) is 14.3 Å². The van der Waals surface area contributed by atoms with Gasteiger partial charge in [-0.1, -0.05) is 30.3 Å². The molecule has 0 fully saturated rings. The SMILES string of the molecule is Cc1nn(C)c(NC(=O)c2ccc3c(ccn3CCCN)c2)c1-c1ccccc1. The summed E-state index contributed by atoms with van der Waals surface area (Å²) >= 11 is 0. The summed E-state index contributed by atoms with van der Waals surface area (Å²) < 4.78 is 3.89. The molecule has 6 nitrogen and oxygen atoms in total. The molecule has 3 N–H and O–H groups in total. The van der Waals surface area contributed by atoms with Gasteiger partial charge in [0, 0.05) is 41.8 Å². The maximum absolute atomic E-state index is 13.0. The molecule has 1 amide bonds. The van der Waals surface area contributed by atoms with Crippen LogP contribution in [0.5, 0.6) is 0 Å². The minimum atomic E-state index is -0.151. The van der Waals surface area contributed by atoms with Crippen LogP contribution < -0.4 is 11.1 Å². The first-order chi connectivity index (χ1) is 14.1. The second-order valence-corrected chi connectivity index (χ2v) is 7.18. The number of hydrogen-bond acceptors (Lipinski definition) is 3. The topological polar surface area (TPSA) is 77.9 Å². The van der Waals surface area contributed by atoms with Gasteiger partial charge in [0.1, 0.15) is 5.82 Å². The van der Waals surface area contributed by atoms with Gasteiger partial charge in [-0.05, 0) is 49.7 Å². The Morgan fingerprint density at radius 1 is 1.14 bits per heavy atom. The van der Waals surface area contributed by atoms with Crippen LogP contribution >= 0.6 is 0 Å². The van der Waals surface area contributed by atoms with Crippen molar-refractivity contribution >= 4 is 22.6 Å². The number of nitrogens with two attached hydrogens (primary N) is 1. The number of nitrogens with one attached hydrogen (secondary N) is 1. The molecule has 29 heavy (non-hydrogen) atoms. The van der Waals surface area contributed by atoms with E-state index in [0.29, 0.717) is 17.9 Å². The van der Waals surface area contributed by atoms with Crippen molar-refractivity contribution in [3.63, 3.8) is 0 Å². The highest BCUT2D eigenvalue weighted by atomic mass is 16.1. The normalized spacial score (nSPS) is 11.1. The average molecular weight is 387 g/mol. The number of aromatic nitrogens is 3. The lowest BCUT2D eigenvalue weighted by atomic mass is 10.1. The number of anilines is 1. The van der Waals surface area contributed by atoms with E-state index in [1.54, 1.807) is 4.68 Å². The van der Waals surface area contributed by atoms with Crippen LogP contribution in [-0.2, 0) is 13.6 Å². The third-order valence-corrected chi connectivity index (χ3v) is 5.15. The minimum absolute atomic E-state index is 0.151. The van der Waals surface area contributed by atoms with Crippen LogP contribution in [0.1, 0.15) is 22.5 Å². The van der Waals surface area contributed by atoms with Crippen LogP contribution in [-0.4, -0.2) is 26.8 Å². The predicted molar refractivity (Wildman–Crippen MR) is 117 cm³/mol. The van der Waals surface area contributed by atoms with E-state index in [-0.39, 0.29) is 5.91 Å². The molecule has 0 bridgehead atoms. The first-order valence-electron chi connectivity index (χ1n) is 9.78. The zero-order valence-electron chi connectivity index (χ0n) is 16.7.